The molecular weight excluding hydrogens is 488 g/mol. The predicted octanol–water partition coefficient (Wildman–Crippen LogP) is 5.52. The predicted molar refractivity (Wildman–Crippen MR) is 155 cm³/mol. The average molecular weight is 533 g/mol. The minimum atomic E-state index is -0.206. The van der Waals surface area contributed by atoms with Gasteiger partial charge in [-0.25, -0.2) is 0 Å². The molecule has 1 aliphatic carbocycles. The zero-order chi connectivity index (χ0) is 27.4. The Morgan fingerprint density at radius 3 is 2.62 bits per heavy atom. The summed E-state index contributed by atoms with van der Waals surface area (Å²) in [5.41, 5.74) is 7.97. The van der Waals surface area contributed by atoms with E-state index in [0.717, 1.165) is 88.5 Å². The molecule has 0 spiro atoms. The minimum Gasteiger partial charge on any atom is -0.496 e. The molecule has 2 saturated heterocycles. The molecule has 0 saturated carbocycles. The van der Waals surface area contributed by atoms with Gasteiger partial charge in [-0.3, -0.25) is 9.69 Å². The van der Waals surface area contributed by atoms with Crippen LogP contribution in [-0.4, -0.2) is 68.3 Å². The molecule has 0 radical (unpaired) electrons. The quantitative estimate of drug-likeness (QED) is 0.426. The Labute approximate surface area is 233 Å². The van der Waals surface area contributed by atoms with Crippen molar-refractivity contribution in [3.05, 3.63) is 64.2 Å². The van der Waals surface area contributed by atoms with E-state index in [9.17, 15) is 4.79 Å². The second kappa shape index (κ2) is 12.6. The average Bonchev–Trinajstić information content (AvgIpc) is 3.49. The van der Waals surface area contributed by atoms with Gasteiger partial charge in [-0.2, -0.15) is 0 Å². The topological polar surface area (TPSA) is 51.2 Å². The van der Waals surface area contributed by atoms with E-state index in [1.807, 2.05) is 4.90 Å². The van der Waals surface area contributed by atoms with E-state index in [2.05, 4.69) is 62.1 Å². The summed E-state index contributed by atoms with van der Waals surface area (Å²) < 4.78 is 17.5. The zero-order valence-electron chi connectivity index (χ0n) is 24.1. The molecule has 2 fully saturated rings. The first-order valence-electron chi connectivity index (χ1n) is 14.6. The molecule has 210 valence electrons. The number of aryl methyl sites for hydroxylation is 1. The number of fused-ring (bicyclic) bond motifs is 1. The number of carbonyl (C=O) groups is 1. The first-order valence-corrected chi connectivity index (χ1v) is 14.6. The van der Waals surface area contributed by atoms with E-state index in [1.165, 1.54) is 27.8 Å². The highest BCUT2D eigenvalue weighted by Gasteiger charge is 2.30. The number of ether oxygens (including phenoxy) is 3. The molecule has 0 bridgehead atoms. The summed E-state index contributed by atoms with van der Waals surface area (Å²) in [5.74, 6) is 2.61. The number of nitrogens with zero attached hydrogens (tertiary/aromatic N) is 2. The molecular formula is C33H44N2O4. The van der Waals surface area contributed by atoms with Crippen molar-refractivity contribution in [3.63, 3.8) is 0 Å². The molecule has 1 unspecified atom stereocenters. The van der Waals surface area contributed by atoms with E-state index in [4.69, 9.17) is 14.2 Å². The van der Waals surface area contributed by atoms with Crippen molar-refractivity contribution in [1.29, 1.82) is 0 Å². The highest BCUT2D eigenvalue weighted by atomic mass is 16.5. The molecule has 2 aliphatic heterocycles. The van der Waals surface area contributed by atoms with Crippen LogP contribution in [0.25, 0.3) is 5.57 Å². The van der Waals surface area contributed by atoms with Gasteiger partial charge < -0.3 is 19.1 Å². The van der Waals surface area contributed by atoms with E-state index in [0.29, 0.717) is 12.5 Å². The Morgan fingerprint density at radius 1 is 1.08 bits per heavy atom. The third kappa shape index (κ3) is 6.67. The number of methoxy groups -OCH3 is 1. The minimum absolute atomic E-state index is 0.189. The van der Waals surface area contributed by atoms with Gasteiger partial charge in [-0.1, -0.05) is 37.6 Å². The van der Waals surface area contributed by atoms with Gasteiger partial charge in [0.15, 0.2) is 0 Å². The fourth-order valence-corrected chi connectivity index (χ4v) is 6.13. The molecule has 3 aliphatic rings. The lowest BCUT2D eigenvalue weighted by atomic mass is 9.86. The van der Waals surface area contributed by atoms with Crippen LogP contribution in [0.5, 0.6) is 11.5 Å². The number of rotatable bonds is 9. The molecule has 2 heterocycles. The largest absolute Gasteiger partial charge is 0.496 e. The Balaban J connectivity index is 1.17. The van der Waals surface area contributed by atoms with Gasteiger partial charge in [-0.15, -0.1) is 0 Å². The van der Waals surface area contributed by atoms with Gasteiger partial charge in [0.25, 0.3) is 5.91 Å². The van der Waals surface area contributed by atoms with E-state index < -0.39 is 0 Å². The van der Waals surface area contributed by atoms with Gasteiger partial charge in [0.05, 0.1) is 7.11 Å². The first kappa shape index (κ1) is 27.7. The van der Waals surface area contributed by atoms with Crippen LogP contribution >= 0.6 is 0 Å². The van der Waals surface area contributed by atoms with Crippen molar-refractivity contribution in [3.8, 4) is 11.5 Å². The van der Waals surface area contributed by atoms with Crippen LogP contribution in [0, 0.1) is 5.92 Å². The van der Waals surface area contributed by atoms with Crippen molar-refractivity contribution >= 4 is 11.5 Å². The number of hydrogen-bond donors (Lipinski definition) is 0. The molecule has 1 atom stereocenters. The molecule has 39 heavy (non-hydrogen) atoms. The number of benzene rings is 2. The van der Waals surface area contributed by atoms with Crippen molar-refractivity contribution in [2.75, 3.05) is 46.4 Å². The highest BCUT2D eigenvalue weighted by molar-refractivity contribution is 5.81. The normalized spacial score (nSPS) is 19.9. The highest BCUT2D eigenvalue weighted by Crippen LogP contribution is 2.34. The number of amides is 1. The van der Waals surface area contributed by atoms with Crippen molar-refractivity contribution < 1.29 is 19.0 Å². The summed E-state index contributed by atoms with van der Waals surface area (Å²) in [6, 6.07) is 13.0. The van der Waals surface area contributed by atoms with Gasteiger partial charge in [0, 0.05) is 44.9 Å². The van der Waals surface area contributed by atoms with Gasteiger partial charge in [0.2, 0.25) is 0 Å². The SMILES string of the molecule is COc1cc(CC(C)C)ccc1COc1ccc2c(c1)CCC(CN1CCN(C(=O)C3CCCO3)CC1)=C2C. The third-order valence-corrected chi connectivity index (χ3v) is 8.40. The van der Waals surface area contributed by atoms with Crippen LogP contribution in [0.2, 0.25) is 0 Å². The first-order chi connectivity index (χ1) is 18.9. The van der Waals surface area contributed by atoms with E-state index in [-0.39, 0.29) is 12.0 Å². The lowest BCUT2D eigenvalue weighted by Crippen LogP contribution is -2.51. The number of piperazine rings is 1. The zero-order valence-corrected chi connectivity index (χ0v) is 24.1. The monoisotopic (exact) mass is 532 g/mol. The lowest BCUT2D eigenvalue weighted by molar-refractivity contribution is -0.142. The maximum absolute atomic E-state index is 12.7. The lowest BCUT2D eigenvalue weighted by Gasteiger charge is -2.37. The van der Waals surface area contributed by atoms with E-state index in [1.54, 1.807) is 7.11 Å². The van der Waals surface area contributed by atoms with Crippen molar-refractivity contribution in [2.45, 2.75) is 65.6 Å². The smallest absolute Gasteiger partial charge is 0.251 e. The Hall–Kier alpha value is -2.83. The van der Waals surface area contributed by atoms with Crippen LogP contribution in [0.1, 0.15) is 62.3 Å². The van der Waals surface area contributed by atoms with Crippen LogP contribution in [0.15, 0.2) is 42.0 Å². The molecule has 0 aromatic heterocycles. The van der Waals surface area contributed by atoms with Crippen LogP contribution in [0.3, 0.4) is 0 Å². The molecule has 6 nitrogen and oxygen atoms in total. The second-order valence-corrected chi connectivity index (χ2v) is 11.7. The molecule has 0 N–H and O–H groups in total. The Kier molecular flexibility index (Phi) is 8.93. The summed E-state index contributed by atoms with van der Waals surface area (Å²) in [7, 11) is 1.73. The third-order valence-electron chi connectivity index (χ3n) is 8.40. The fourth-order valence-electron chi connectivity index (χ4n) is 6.13. The van der Waals surface area contributed by atoms with Gasteiger partial charge in [0.1, 0.15) is 24.2 Å². The fraction of sp³-hybridized carbons (Fsp3) is 0.545. The number of hydrogen-bond acceptors (Lipinski definition) is 5. The van der Waals surface area contributed by atoms with Crippen molar-refractivity contribution in [1.82, 2.24) is 9.80 Å². The van der Waals surface area contributed by atoms with Crippen LogP contribution in [0.4, 0.5) is 0 Å². The van der Waals surface area contributed by atoms with E-state index >= 15 is 0 Å². The van der Waals surface area contributed by atoms with Gasteiger partial charge in [-0.05, 0) is 85.4 Å². The Morgan fingerprint density at radius 2 is 1.90 bits per heavy atom. The second-order valence-electron chi connectivity index (χ2n) is 11.7. The maximum Gasteiger partial charge on any atom is 0.251 e. The van der Waals surface area contributed by atoms with Gasteiger partial charge >= 0.3 is 0 Å². The van der Waals surface area contributed by atoms with Crippen LogP contribution < -0.4 is 9.47 Å². The number of carbonyl (C=O) groups excluding carboxylic acids is 1. The molecule has 6 heteroatoms. The van der Waals surface area contributed by atoms with Crippen LogP contribution in [-0.2, 0) is 29.0 Å². The summed E-state index contributed by atoms with van der Waals surface area (Å²) >= 11 is 0. The maximum atomic E-state index is 12.7. The number of allylic oxidation sites excluding steroid dienone is 1. The molecule has 1 amide bonds. The summed E-state index contributed by atoms with van der Waals surface area (Å²) in [6.07, 6.45) is 4.81. The standard InChI is InChI=1S/C33H44N2O4/c1-23(2)18-25-7-8-28(32(19-25)37-4)22-39-29-11-12-30-24(3)27(10-9-26(30)20-29)21-34-13-15-35(16-14-34)33(36)31-6-5-17-38-31/h7-8,11-12,19-20,23,31H,5-6,9-10,13-18,21-22H2,1-4H3. The molecule has 5 rings (SSSR count). The Bertz CT molecular complexity index is 1190. The van der Waals surface area contributed by atoms with Crippen molar-refractivity contribution in [2.24, 2.45) is 5.92 Å². The summed E-state index contributed by atoms with van der Waals surface area (Å²) in [4.78, 5) is 17.2. The molecule has 2 aromatic rings. The summed E-state index contributed by atoms with van der Waals surface area (Å²) in [5, 5.41) is 0. The summed E-state index contributed by atoms with van der Waals surface area (Å²) in [6.45, 7) is 12.4. The molecule has 2 aromatic carbocycles.